The van der Waals surface area contributed by atoms with E-state index in [4.69, 9.17) is 16.3 Å². The summed E-state index contributed by atoms with van der Waals surface area (Å²) in [5.41, 5.74) is 3.16. The number of rotatable bonds is 8. The second-order valence-corrected chi connectivity index (χ2v) is 11.1. The lowest BCUT2D eigenvalue weighted by Gasteiger charge is -2.36. The van der Waals surface area contributed by atoms with Crippen molar-refractivity contribution in [3.8, 4) is 11.4 Å². The predicted octanol–water partition coefficient (Wildman–Crippen LogP) is 5.04. The Bertz CT molecular complexity index is 2050. The summed E-state index contributed by atoms with van der Waals surface area (Å²) < 4.78 is 36.8. The Hall–Kier alpha value is -5.76. The molecule has 0 saturated heterocycles. The van der Waals surface area contributed by atoms with Crippen LogP contribution >= 0.6 is 11.6 Å². The molecule has 0 bridgehead atoms. The number of anilines is 1. The predicted molar refractivity (Wildman–Crippen MR) is 171 cm³/mol. The van der Waals surface area contributed by atoms with Crippen molar-refractivity contribution in [2.75, 3.05) is 18.5 Å². The van der Waals surface area contributed by atoms with Gasteiger partial charge in [0, 0.05) is 29.6 Å². The SMILES string of the molecule is CCOC(=O)c1cc(C)n(-c2cccc3c2CCN(C(=O)/C=C/c2c(-n4cnnn4)ccc(Cl)c2F)C3C(=O)Nc2ccc(F)cc2)n1. The zero-order valence-corrected chi connectivity index (χ0v) is 26.4. The monoisotopic (exact) mass is 672 g/mol. The van der Waals surface area contributed by atoms with E-state index in [0.717, 1.165) is 11.6 Å². The van der Waals surface area contributed by atoms with E-state index in [1.807, 2.05) is 6.07 Å². The van der Waals surface area contributed by atoms with Crippen LogP contribution in [0.2, 0.25) is 5.02 Å². The van der Waals surface area contributed by atoms with E-state index in [1.165, 1.54) is 58.4 Å². The molecule has 12 nitrogen and oxygen atoms in total. The van der Waals surface area contributed by atoms with Crippen molar-refractivity contribution in [1.29, 1.82) is 0 Å². The molecule has 6 rings (SSSR count). The molecule has 1 aliphatic heterocycles. The molecule has 244 valence electrons. The highest BCUT2D eigenvalue weighted by atomic mass is 35.5. The molecule has 0 radical (unpaired) electrons. The van der Waals surface area contributed by atoms with Gasteiger partial charge in [0.05, 0.1) is 23.0 Å². The van der Waals surface area contributed by atoms with Gasteiger partial charge < -0.3 is 15.0 Å². The lowest BCUT2D eigenvalue weighted by atomic mass is 9.90. The Morgan fingerprint density at radius 2 is 1.88 bits per heavy atom. The van der Waals surface area contributed by atoms with E-state index in [0.29, 0.717) is 29.1 Å². The molecule has 5 aromatic rings. The van der Waals surface area contributed by atoms with Crippen LogP contribution in [0.5, 0.6) is 0 Å². The van der Waals surface area contributed by atoms with Gasteiger partial charge in [-0.2, -0.15) is 9.78 Å². The summed E-state index contributed by atoms with van der Waals surface area (Å²) in [6, 6.07) is 13.8. The van der Waals surface area contributed by atoms with Crippen LogP contribution in [0.3, 0.4) is 0 Å². The average Bonchev–Trinajstić information content (AvgIpc) is 3.76. The first-order chi connectivity index (χ1) is 23.2. The summed E-state index contributed by atoms with van der Waals surface area (Å²) in [6.45, 7) is 3.78. The van der Waals surface area contributed by atoms with E-state index in [1.54, 1.807) is 36.7 Å². The van der Waals surface area contributed by atoms with Crippen molar-refractivity contribution in [2.24, 2.45) is 0 Å². The van der Waals surface area contributed by atoms with Crippen molar-refractivity contribution in [3.05, 3.63) is 118 Å². The number of aryl methyl sites for hydroxylation is 1. The van der Waals surface area contributed by atoms with Crippen LogP contribution < -0.4 is 5.32 Å². The highest BCUT2D eigenvalue weighted by Gasteiger charge is 2.37. The zero-order chi connectivity index (χ0) is 33.9. The number of hydrogen-bond acceptors (Lipinski definition) is 8. The maximum Gasteiger partial charge on any atom is 0.358 e. The van der Waals surface area contributed by atoms with Gasteiger partial charge in [0.15, 0.2) is 11.5 Å². The molecule has 2 aromatic heterocycles. The molecule has 0 spiro atoms. The van der Waals surface area contributed by atoms with Gasteiger partial charge >= 0.3 is 5.97 Å². The molecule has 3 aromatic carbocycles. The minimum atomic E-state index is -1.15. The van der Waals surface area contributed by atoms with Crippen LogP contribution in [0.15, 0.2) is 73.1 Å². The fraction of sp³-hybridized carbons (Fsp3) is 0.182. The van der Waals surface area contributed by atoms with Gasteiger partial charge in [0.2, 0.25) is 5.91 Å². The molecular formula is C33H27ClF2N8O4. The topological polar surface area (TPSA) is 137 Å². The number of nitrogens with zero attached hydrogens (tertiary/aromatic N) is 7. The third-order valence-corrected chi connectivity index (χ3v) is 8.03. The first kappa shape index (κ1) is 32.2. The summed E-state index contributed by atoms with van der Waals surface area (Å²) in [4.78, 5) is 41.6. The number of tetrazole rings is 1. The molecule has 0 saturated carbocycles. The number of benzene rings is 3. The molecule has 1 unspecified atom stereocenters. The van der Waals surface area contributed by atoms with Crippen LogP contribution in [-0.2, 0) is 20.7 Å². The third-order valence-electron chi connectivity index (χ3n) is 7.74. The van der Waals surface area contributed by atoms with E-state index < -0.39 is 35.5 Å². The highest BCUT2D eigenvalue weighted by Crippen LogP contribution is 2.35. The van der Waals surface area contributed by atoms with E-state index in [-0.39, 0.29) is 35.1 Å². The first-order valence-corrected chi connectivity index (χ1v) is 15.2. The van der Waals surface area contributed by atoms with Gasteiger partial charge in [-0.05, 0) is 96.4 Å². The number of nitrogens with one attached hydrogen (secondary N) is 1. The van der Waals surface area contributed by atoms with Crippen molar-refractivity contribution in [2.45, 2.75) is 26.3 Å². The Morgan fingerprint density at radius 1 is 1.08 bits per heavy atom. The number of esters is 1. The molecular weight excluding hydrogens is 646 g/mol. The Kier molecular flexibility index (Phi) is 9.08. The Balaban J connectivity index is 1.39. The van der Waals surface area contributed by atoms with Gasteiger partial charge in [0.1, 0.15) is 18.2 Å². The number of halogens is 3. The second-order valence-electron chi connectivity index (χ2n) is 10.7. The summed E-state index contributed by atoms with van der Waals surface area (Å²) in [6.07, 6.45) is 4.00. The van der Waals surface area contributed by atoms with Crippen LogP contribution in [0.25, 0.3) is 17.5 Å². The van der Waals surface area contributed by atoms with Crippen LogP contribution in [0.1, 0.15) is 45.8 Å². The number of hydrogen-bond donors (Lipinski definition) is 1. The van der Waals surface area contributed by atoms with Crippen molar-refractivity contribution in [3.63, 3.8) is 0 Å². The Morgan fingerprint density at radius 3 is 2.60 bits per heavy atom. The lowest BCUT2D eigenvalue weighted by molar-refractivity contribution is -0.135. The number of aromatic nitrogens is 6. The minimum Gasteiger partial charge on any atom is -0.461 e. The summed E-state index contributed by atoms with van der Waals surface area (Å²) in [5, 5.41) is 18.1. The van der Waals surface area contributed by atoms with Gasteiger partial charge in [-0.25, -0.2) is 18.3 Å². The fourth-order valence-electron chi connectivity index (χ4n) is 5.57. The maximum absolute atomic E-state index is 15.2. The lowest BCUT2D eigenvalue weighted by Crippen LogP contribution is -2.45. The summed E-state index contributed by atoms with van der Waals surface area (Å²) in [5.74, 6) is -2.98. The number of fused-ring (bicyclic) bond motifs is 1. The van der Waals surface area contributed by atoms with Crippen LogP contribution in [-0.4, -0.2) is 65.8 Å². The van der Waals surface area contributed by atoms with Crippen molar-refractivity contribution in [1.82, 2.24) is 34.9 Å². The Labute approximate surface area is 277 Å². The molecule has 2 amide bonds. The van der Waals surface area contributed by atoms with Gasteiger partial charge in [0.25, 0.3) is 5.91 Å². The normalized spacial score (nSPS) is 14.2. The van der Waals surface area contributed by atoms with Gasteiger partial charge in [-0.15, -0.1) is 5.10 Å². The van der Waals surface area contributed by atoms with Crippen LogP contribution in [0, 0.1) is 18.6 Å². The van der Waals surface area contributed by atoms with Crippen LogP contribution in [0.4, 0.5) is 14.5 Å². The van der Waals surface area contributed by atoms with Gasteiger partial charge in [-0.3, -0.25) is 9.59 Å². The van der Waals surface area contributed by atoms with Gasteiger partial charge in [-0.1, -0.05) is 23.7 Å². The molecule has 3 heterocycles. The molecule has 1 atom stereocenters. The largest absolute Gasteiger partial charge is 0.461 e. The van der Waals surface area contributed by atoms with E-state index in [2.05, 4.69) is 25.9 Å². The quantitative estimate of drug-likeness (QED) is 0.179. The fourth-order valence-corrected chi connectivity index (χ4v) is 5.74. The van der Waals surface area contributed by atoms with E-state index >= 15 is 4.39 Å². The smallest absolute Gasteiger partial charge is 0.358 e. The average molecular weight is 673 g/mol. The highest BCUT2D eigenvalue weighted by molar-refractivity contribution is 6.31. The molecule has 0 fully saturated rings. The molecule has 15 heteroatoms. The first-order valence-electron chi connectivity index (χ1n) is 14.8. The van der Waals surface area contributed by atoms with E-state index in [9.17, 15) is 18.8 Å². The maximum atomic E-state index is 15.2. The van der Waals surface area contributed by atoms with Crippen molar-refractivity contribution < 1.29 is 27.9 Å². The molecule has 48 heavy (non-hydrogen) atoms. The molecule has 1 N–H and O–H groups in total. The third kappa shape index (κ3) is 6.29. The standard InChI is InChI=1S/C33H27ClF2N8O4/c1-3-48-33(47)26-17-19(2)44(39-26)28-6-4-5-23-22(28)15-16-42(31(23)32(46)38-21-9-7-20(35)8-10-21)29(45)14-11-24-27(43-18-37-40-41-43)13-12-25(34)30(24)36/h4-14,17-18,31H,3,15-16H2,1-2H3,(H,38,46)/b14-11+. The number of carbonyl (C=O) groups is 3. The molecule has 1 aliphatic rings. The van der Waals surface area contributed by atoms with Crippen molar-refractivity contribution >= 4 is 41.1 Å². The summed E-state index contributed by atoms with van der Waals surface area (Å²) in [7, 11) is 0. The number of ether oxygens (including phenoxy) is 1. The number of carbonyl (C=O) groups excluding carboxylic acids is 3. The number of amides is 2. The minimum absolute atomic E-state index is 0.0401. The second kappa shape index (κ2) is 13.5. The summed E-state index contributed by atoms with van der Waals surface area (Å²) >= 11 is 6.06. The zero-order valence-electron chi connectivity index (χ0n) is 25.6. The molecule has 0 aliphatic carbocycles.